The van der Waals surface area contributed by atoms with Crippen LogP contribution in [0.25, 0.3) is 0 Å². The molecule has 1 nitrogen and oxygen atoms in total. The van der Waals surface area contributed by atoms with Crippen molar-refractivity contribution in [2.24, 2.45) is 0 Å². The maximum absolute atomic E-state index is 2.45. The van der Waals surface area contributed by atoms with E-state index in [1.165, 1.54) is 11.7 Å². The Kier molecular flexibility index (Phi) is 4.31. The van der Waals surface area contributed by atoms with Gasteiger partial charge in [-0.2, -0.15) is 4.67 Å². The van der Waals surface area contributed by atoms with Crippen LogP contribution in [-0.4, -0.2) is 31.1 Å². The van der Waals surface area contributed by atoms with E-state index in [2.05, 4.69) is 69.6 Å². The van der Waals surface area contributed by atoms with Crippen molar-refractivity contribution >= 4 is 7.41 Å². The van der Waals surface area contributed by atoms with Gasteiger partial charge in [0.05, 0.1) is 25.9 Å². The molecule has 0 aliphatic carbocycles. The highest BCUT2D eigenvalue weighted by Crippen LogP contribution is 2.63. The summed E-state index contributed by atoms with van der Waals surface area (Å²) in [6.45, 7) is 7.14. The van der Waals surface area contributed by atoms with Crippen LogP contribution in [0.2, 0.25) is 0 Å². The summed E-state index contributed by atoms with van der Waals surface area (Å²) in [5, 5.41) is 0. The third kappa shape index (κ3) is 3.03. The lowest BCUT2D eigenvalue weighted by Gasteiger charge is -2.32. The van der Waals surface area contributed by atoms with Gasteiger partial charge in [-0.25, -0.2) is 0 Å². The van der Waals surface area contributed by atoms with Gasteiger partial charge in [0.1, 0.15) is 0 Å². The molecule has 0 radical (unpaired) electrons. The molecule has 0 aromatic heterocycles. The van der Waals surface area contributed by atoms with Gasteiger partial charge < -0.3 is 0 Å². The Morgan fingerprint density at radius 1 is 1.13 bits per heavy atom. The Labute approximate surface area is 94.9 Å². The molecule has 2 heteroatoms. The molecule has 84 valence electrons. The number of nitrogens with zero attached hydrogens (tertiary/aromatic N) is 1. The highest BCUT2D eigenvalue weighted by atomic mass is 31.2. The molecule has 15 heavy (non-hydrogen) atoms. The average Bonchev–Trinajstić information content (AvgIpc) is 2.18. The first-order valence-electron chi connectivity index (χ1n) is 5.54. The second-order valence-electron chi connectivity index (χ2n) is 4.80. The van der Waals surface area contributed by atoms with E-state index in [0.29, 0.717) is 0 Å². The zero-order valence-corrected chi connectivity index (χ0v) is 11.5. The molecule has 1 aromatic carbocycles. The Hall–Kier alpha value is -0.390. The molecule has 0 saturated carbocycles. The lowest BCUT2D eigenvalue weighted by Crippen LogP contribution is -2.22. The molecular formula is C13H23NP+. The van der Waals surface area contributed by atoms with Gasteiger partial charge in [-0.05, 0) is 19.4 Å². The predicted octanol–water partition coefficient (Wildman–Crippen LogP) is 3.72. The molecule has 1 rings (SSSR count). The van der Waals surface area contributed by atoms with Gasteiger partial charge in [-0.1, -0.05) is 30.3 Å². The Morgan fingerprint density at radius 2 is 1.67 bits per heavy atom. The number of hydrogen-bond acceptors (Lipinski definition) is 1. The van der Waals surface area contributed by atoms with E-state index < -0.39 is 7.41 Å². The van der Waals surface area contributed by atoms with E-state index in [1.54, 1.807) is 0 Å². The fourth-order valence-corrected chi connectivity index (χ4v) is 4.26. The summed E-state index contributed by atoms with van der Waals surface area (Å²) >= 11 is 0. The van der Waals surface area contributed by atoms with E-state index in [-0.39, 0.29) is 0 Å². The van der Waals surface area contributed by atoms with Gasteiger partial charge in [0, 0.05) is 14.1 Å². The normalized spacial score (nSPS) is 15.7. The van der Waals surface area contributed by atoms with Crippen LogP contribution in [-0.2, 0) is 6.16 Å². The second kappa shape index (κ2) is 5.09. The zero-order chi connectivity index (χ0) is 11.5. The van der Waals surface area contributed by atoms with Crippen molar-refractivity contribution in [2.75, 3.05) is 20.8 Å². The van der Waals surface area contributed by atoms with Crippen molar-refractivity contribution in [3.8, 4) is 0 Å². The molecule has 0 spiro atoms. The van der Waals surface area contributed by atoms with E-state index in [0.717, 1.165) is 5.66 Å². The van der Waals surface area contributed by atoms with Gasteiger partial charge in [0.15, 0.2) is 0 Å². The van der Waals surface area contributed by atoms with Crippen molar-refractivity contribution in [1.29, 1.82) is 0 Å². The van der Waals surface area contributed by atoms with Crippen LogP contribution in [0.3, 0.4) is 0 Å². The topological polar surface area (TPSA) is 3.24 Å². The zero-order valence-electron chi connectivity index (χ0n) is 10.6. The van der Waals surface area contributed by atoms with Crippen LogP contribution in [0, 0.1) is 0 Å². The van der Waals surface area contributed by atoms with Gasteiger partial charge in [0.25, 0.3) is 0 Å². The van der Waals surface area contributed by atoms with E-state index in [1.807, 2.05) is 0 Å². The first-order valence-corrected chi connectivity index (χ1v) is 7.98. The molecule has 0 N–H and O–H groups in total. The summed E-state index contributed by atoms with van der Waals surface area (Å²) in [5.74, 6) is 0. The Balaban J connectivity index is 2.85. The first-order chi connectivity index (χ1) is 6.97. The van der Waals surface area contributed by atoms with E-state index in [9.17, 15) is 0 Å². The molecule has 0 aliphatic heterocycles. The largest absolute Gasteiger partial charge is 0.186 e. The number of hydrogen-bond donors (Lipinski definition) is 0. The SMILES string of the molecule is CC(C)[P+](C)(Cc1ccccc1)N(C)C. The standard InChI is InChI=1S/C13H23NP/c1-12(2)15(5,14(3)4)11-13-9-7-6-8-10-13/h6-10,12H,11H2,1-5H3/q+1. The molecule has 0 bridgehead atoms. The van der Waals surface area contributed by atoms with Crippen molar-refractivity contribution in [3.63, 3.8) is 0 Å². The lowest BCUT2D eigenvalue weighted by molar-refractivity contribution is 0.647. The quantitative estimate of drug-likeness (QED) is 0.704. The van der Waals surface area contributed by atoms with Crippen LogP contribution in [0.1, 0.15) is 19.4 Å². The minimum atomic E-state index is -1.00. The van der Waals surface area contributed by atoms with Gasteiger partial charge >= 0.3 is 0 Å². The third-order valence-corrected chi connectivity index (χ3v) is 8.43. The van der Waals surface area contributed by atoms with Crippen molar-refractivity contribution < 1.29 is 0 Å². The lowest BCUT2D eigenvalue weighted by atomic mass is 10.2. The van der Waals surface area contributed by atoms with Crippen molar-refractivity contribution in [3.05, 3.63) is 35.9 Å². The van der Waals surface area contributed by atoms with E-state index in [4.69, 9.17) is 0 Å². The molecule has 0 saturated heterocycles. The number of benzene rings is 1. The smallest absolute Gasteiger partial charge is 0.1000 e. The summed E-state index contributed by atoms with van der Waals surface area (Å²) < 4.78 is 2.45. The Morgan fingerprint density at radius 3 is 2.07 bits per heavy atom. The highest BCUT2D eigenvalue weighted by Gasteiger charge is 2.38. The molecule has 1 atom stereocenters. The monoisotopic (exact) mass is 224 g/mol. The maximum Gasteiger partial charge on any atom is 0.1000 e. The average molecular weight is 224 g/mol. The first kappa shape index (κ1) is 12.7. The van der Waals surface area contributed by atoms with Crippen LogP contribution < -0.4 is 0 Å². The predicted molar refractivity (Wildman–Crippen MR) is 71.8 cm³/mol. The third-order valence-electron chi connectivity index (χ3n) is 3.37. The van der Waals surface area contributed by atoms with Crippen LogP contribution in [0.15, 0.2) is 30.3 Å². The molecule has 0 aliphatic rings. The van der Waals surface area contributed by atoms with Crippen molar-refractivity contribution in [2.45, 2.75) is 25.7 Å². The Bertz CT molecular complexity index is 285. The summed E-state index contributed by atoms with van der Waals surface area (Å²) in [7, 11) is 3.44. The molecule has 0 amide bonds. The summed E-state index contributed by atoms with van der Waals surface area (Å²) in [6.07, 6.45) is 1.22. The highest BCUT2D eigenvalue weighted by molar-refractivity contribution is 7.72. The van der Waals surface area contributed by atoms with Gasteiger partial charge in [-0.15, -0.1) is 0 Å². The molecule has 0 heterocycles. The minimum absolute atomic E-state index is 0.757. The maximum atomic E-state index is 2.45. The molecule has 0 fully saturated rings. The fourth-order valence-electron chi connectivity index (χ4n) is 1.74. The summed E-state index contributed by atoms with van der Waals surface area (Å²) in [5.41, 5.74) is 2.23. The number of rotatable bonds is 4. The summed E-state index contributed by atoms with van der Waals surface area (Å²) in [4.78, 5) is 0. The summed E-state index contributed by atoms with van der Waals surface area (Å²) in [6, 6.07) is 10.8. The van der Waals surface area contributed by atoms with E-state index >= 15 is 0 Å². The minimum Gasteiger partial charge on any atom is -0.186 e. The second-order valence-corrected chi connectivity index (χ2v) is 9.38. The van der Waals surface area contributed by atoms with Crippen molar-refractivity contribution in [1.82, 2.24) is 4.67 Å². The van der Waals surface area contributed by atoms with Crippen LogP contribution >= 0.6 is 7.41 Å². The fraction of sp³-hybridized carbons (Fsp3) is 0.538. The van der Waals surface area contributed by atoms with Crippen LogP contribution in [0.5, 0.6) is 0 Å². The van der Waals surface area contributed by atoms with Gasteiger partial charge in [0.2, 0.25) is 0 Å². The van der Waals surface area contributed by atoms with Gasteiger partial charge in [-0.3, -0.25) is 0 Å². The molecular weight excluding hydrogens is 201 g/mol. The molecule has 1 unspecified atom stereocenters. The molecule has 1 aromatic rings. The van der Waals surface area contributed by atoms with Crippen LogP contribution in [0.4, 0.5) is 0 Å².